The van der Waals surface area contributed by atoms with Crippen LogP contribution in [0.2, 0.25) is 5.02 Å². The van der Waals surface area contributed by atoms with Gasteiger partial charge in [-0.2, -0.15) is 4.57 Å². The molecule has 1 heterocycles. The molecule has 2 N–H and O–H groups in total. The number of aromatic nitrogens is 1. The van der Waals surface area contributed by atoms with Gasteiger partial charge in [0.05, 0.1) is 0 Å². The quantitative estimate of drug-likeness (QED) is 0.706. The third-order valence-electron chi connectivity index (χ3n) is 2.40. The maximum absolute atomic E-state index is 11.0. The standard InChI is InChI=1S/C13H11ClN2O.BrH/c14-12-5-1-3-10(7-12)8-16-6-2-4-11(9-16)13(15)17;/h1-7,9H,8H2,(H-,15,17);1H. The molecule has 0 aliphatic carbocycles. The zero-order chi connectivity index (χ0) is 12.3. The first-order chi connectivity index (χ1) is 8.15. The van der Waals surface area contributed by atoms with Crippen molar-refractivity contribution >= 4 is 17.5 Å². The van der Waals surface area contributed by atoms with Gasteiger partial charge in [0.2, 0.25) is 0 Å². The van der Waals surface area contributed by atoms with Crippen LogP contribution in [0.4, 0.5) is 0 Å². The molecular weight excluding hydrogens is 316 g/mol. The van der Waals surface area contributed by atoms with Crippen LogP contribution < -0.4 is 27.3 Å². The van der Waals surface area contributed by atoms with Crippen LogP contribution in [0.3, 0.4) is 0 Å². The van der Waals surface area contributed by atoms with Crippen molar-refractivity contribution in [1.29, 1.82) is 0 Å². The van der Waals surface area contributed by atoms with Crippen LogP contribution in [0.25, 0.3) is 0 Å². The fraction of sp³-hybridized carbons (Fsp3) is 0.0769. The van der Waals surface area contributed by atoms with Gasteiger partial charge in [0.15, 0.2) is 18.9 Å². The van der Waals surface area contributed by atoms with Crippen molar-refractivity contribution < 1.29 is 26.3 Å². The van der Waals surface area contributed by atoms with E-state index in [0.29, 0.717) is 17.1 Å². The number of rotatable bonds is 3. The van der Waals surface area contributed by atoms with Crippen molar-refractivity contribution in [3.8, 4) is 0 Å². The predicted molar refractivity (Wildman–Crippen MR) is 65.7 cm³/mol. The summed E-state index contributed by atoms with van der Waals surface area (Å²) in [4.78, 5) is 11.0. The molecule has 0 spiro atoms. The Kier molecular flexibility index (Phi) is 5.31. The van der Waals surface area contributed by atoms with Crippen LogP contribution in [0.5, 0.6) is 0 Å². The number of primary amides is 1. The first-order valence-electron chi connectivity index (χ1n) is 5.18. The first kappa shape index (κ1) is 14.7. The summed E-state index contributed by atoms with van der Waals surface area (Å²) < 4.78 is 1.89. The number of nitrogens with zero attached hydrogens (tertiary/aromatic N) is 1. The Hall–Kier alpha value is -1.39. The van der Waals surface area contributed by atoms with E-state index in [1.807, 2.05) is 35.0 Å². The van der Waals surface area contributed by atoms with Gasteiger partial charge in [0.25, 0.3) is 5.91 Å². The van der Waals surface area contributed by atoms with Crippen molar-refractivity contribution in [2.45, 2.75) is 6.54 Å². The first-order valence-corrected chi connectivity index (χ1v) is 5.56. The van der Waals surface area contributed by atoms with E-state index in [0.717, 1.165) is 5.56 Å². The summed E-state index contributed by atoms with van der Waals surface area (Å²) in [5, 5.41) is 0.703. The monoisotopic (exact) mass is 326 g/mol. The molecular formula is C13H12BrClN2O. The molecule has 5 heteroatoms. The van der Waals surface area contributed by atoms with Gasteiger partial charge in [-0.1, -0.05) is 23.7 Å². The molecule has 0 aliphatic rings. The summed E-state index contributed by atoms with van der Waals surface area (Å²) in [6.07, 6.45) is 3.61. The van der Waals surface area contributed by atoms with Gasteiger partial charge in [-0.3, -0.25) is 4.79 Å². The van der Waals surface area contributed by atoms with Crippen LogP contribution >= 0.6 is 11.6 Å². The predicted octanol–water partition coefficient (Wildman–Crippen LogP) is -1.22. The molecule has 0 radical (unpaired) electrons. The van der Waals surface area contributed by atoms with Crippen molar-refractivity contribution in [3.05, 3.63) is 64.9 Å². The lowest BCUT2D eigenvalue weighted by molar-refractivity contribution is -0.688. The largest absolute Gasteiger partial charge is 1.00 e. The molecule has 3 nitrogen and oxygen atoms in total. The summed E-state index contributed by atoms with van der Waals surface area (Å²) in [5.74, 6) is -0.426. The molecule has 2 rings (SSSR count). The summed E-state index contributed by atoms with van der Waals surface area (Å²) in [5.41, 5.74) is 6.79. The highest BCUT2D eigenvalue weighted by molar-refractivity contribution is 6.30. The van der Waals surface area contributed by atoms with E-state index in [2.05, 4.69) is 0 Å². The highest BCUT2D eigenvalue weighted by atomic mass is 79.9. The number of hydrogen-bond donors (Lipinski definition) is 1. The molecule has 1 amide bonds. The van der Waals surface area contributed by atoms with Crippen LogP contribution in [-0.4, -0.2) is 5.91 Å². The van der Waals surface area contributed by atoms with Gasteiger partial charge >= 0.3 is 0 Å². The topological polar surface area (TPSA) is 47.0 Å². The normalized spacial score (nSPS) is 9.61. The minimum Gasteiger partial charge on any atom is -1.00 e. The molecule has 0 saturated heterocycles. The molecule has 18 heavy (non-hydrogen) atoms. The zero-order valence-electron chi connectivity index (χ0n) is 9.51. The number of halogens is 2. The van der Waals surface area contributed by atoms with Crippen molar-refractivity contribution in [3.63, 3.8) is 0 Å². The smallest absolute Gasteiger partial charge is 0.254 e. The Labute approximate surface area is 121 Å². The number of nitrogens with two attached hydrogens (primary N) is 1. The van der Waals surface area contributed by atoms with Crippen molar-refractivity contribution in [1.82, 2.24) is 0 Å². The minimum absolute atomic E-state index is 0. The number of carbonyl (C=O) groups is 1. The van der Waals surface area contributed by atoms with Crippen LogP contribution in [0, 0.1) is 0 Å². The van der Waals surface area contributed by atoms with E-state index < -0.39 is 5.91 Å². The maximum Gasteiger partial charge on any atom is 0.254 e. The average Bonchev–Trinajstić information content (AvgIpc) is 2.29. The summed E-state index contributed by atoms with van der Waals surface area (Å²) in [7, 11) is 0. The highest BCUT2D eigenvalue weighted by Crippen LogP contribution is 2.10. The van der Waals surface area contributed by atoms with E-state index >= 15 is 0 Å². The van der Waals surface area contributed by atoms with Gasteiger partial charge in [-0.05, 0) is 18.2 Å². The second kappa shape index (κ2) is 6.52. The van der Waals surface area contributed by atoms with Crippen LogP contribution in [-0.2, 0) is 6.54 Å². The molecule has 2 aromatic rings. The van der Waals surface area contributed by atoms with Crippen molar-refractivity contribution in [2.24, 2.45) is 5.73 Å². The Morgan fingerprint density at radius 2 is 2.06 bits per heavy atom. The van der Waals surface area contributed by atoms with Crippen molar-refractivity contribution in [2.75, 3.05) is 0 Å². The van der Waals surface area contributed by atoms with E-state index in [9.17, 15) is 4.79 Å². The molecule has 0 fully saturated rings. The summed E-state index contributed by atoms with van der Waals surface area (Å²) in [6, 6.07) is 11.1. The van der Waals surface area contributed by atoms with Gasteiger partial charge in [-0.15, -0.1) is 0 Å². The third-order valence-corrected chi connectivity index (χ3v) is 2.63. The van der Waals surface area contributed by atoms with Gasteiger partial charge in [-0.25, -0.2) is 0 Å². The van der Waals surface area contributed by atoms with Gasteiger partial charge in [0, 0.05) is 16.7 Å². The van der Waals surface area contributed by atoms with E-state index in [-0.39, 0.29) is 17.0 Å². The number of amides is 1. The van der Waals surface area contributed by atoms with E-state index in [1.165, 1.54) is 0 Å². The fourth-order valence-corrected chi connectivity index (χ4v) is 1.83. The lowest BCUT2D eigenvalue weighted by Crippen LogP contribution is -3.00. The molecule has 0 saturated carbocycles. The van der Waals surface area contributed by atoms with Gasteiger partial charge in [0.1, 0.15) is 5.56 Å². The second-order valence-electron chi connectivity index (χ2n) is 3.76. The lowest BCUT2D eigenvalue weighted by atomic mass is 10.2. The highest BCUT2D eigenvalue weighted by Gasteiger charge is 2.07. The number of hydrogen-bond acceptors (Lipinski definition) is 1. The lowest BCUT2D eigenvalue weighted by Gasteiger charge is -1.99. The molecule has 1 aromatic heterocycles. The SMILES string of the molecule is NC(=O)c1ccc[n+](Cc2cccc(Cl)c2)c1.[Br-]. The zero-order valence-corrected chi connectivity index (χ0v) is 11.9. The van der Waals surface area contributed by atoms with Gasteiger partial charge < -0.3 is 22.7 Å². The van der Waals surface area contributed by atoms with E-state index in [1.54, 1.807) is 18.3 Å². The molecule has 0 atom stereocenters. The third kappa shape index (κ3) is 3.82. The van der Waals surface area contributed by atoms with Crippen LogP contribution in [0.15, 0.2) is 48.8 Å². The number of carbonyl (C=O) groups excluding carboxylic acids is 1. The molecule has 0 bridgehead atoms. The Bertz CT molecular complexity index is 560. The Balaban J connectivity index is 0.00000162. The Morgan fingerprint density at radius 1 is 1.28 bits per heavy atom. The number of benzene rings is 1. The van der Waals surface area contributed by atoms with Crippen LogP contribution in [0.1, 0.15) is 15.9 Å². The molecule has 0 aliphatic heterocycles. The molecule has 1 aromatic carbocycles. The summed E-state index contributed by atoms with van der Waals surface area (Å²) >= 11 is 5.91. The fourth-order valence-electron chi connectivity index (χ4n) is 1.61. The van der Waals surface area contributed by atoms with E-state index in [4.69, 9.17) is 17.3 Å². The molecule has 94 valence electrons. The second-order valence-corrected chi connectivity index (χ2v) is 4.20. The average molecular weight is 328 g/mol. The number of pyridine rings is 1. The molecule has 0 unspecified atom stereocenters. The summed E-state index contributed by atoms with van der Waals surface area (Å²) in [6.45, 7) is 0.654. The Morgan fingerprint density at radius 3 is 2.72 bits per heavy atom. The minimum atomic E-state index is -0.426. The maximum atomic E-state index is 11.0.